The number of aliphatic hydroxyl groups excluding tert-OH is 6. The van der Waals surface area contributed by atoms with Gasteiger partial charge < -0.3 is 70.5 Å². The van der Waals surface area contributed by atoms with Crippen LogP contribution >= 0.6 is 33.2 Å². The third-order valence-electron chi connectivity index (χ3n) is 31.6. The van der Waals surface area contributed by atoms with E-state index in [-0.39, 0.29) is 117 Å². The fraction of sp³-hybridized carbons (Fsp3) is 0.938. The van der Waals surface area contributed by atoms with Crippen LogP contribution in [0, 0.1) is 163 Å². The van der Waals surface area contributed by atoms with E-state index in [0.29, 0.717) is 67.2 Å². The Morgan fingerprint density at radius 1 is 0.285 bits per heavy atom. The van der Waals surface area contributed by atoms with E-state index in [1.807, 2.05) is 40.4 Å². The summed E-state index contributed by atoms with van der Waals surface area (Å²) in [4.78, 5) is 0. The molecule has 12 rings (SSSR count). The number of rotatable bonds is 24. The minimum atomic E-state index is -4.54. The second-order valence-electron chi connectivity index (χ2n) is 47.7. The third kappa shape index (κ3) is 47.9. The van der Waals surface area contributed by atoms with Crippen molar-refractivity contribution in [2.24, 2.45) is 126 Å². The maximum absolute atomic E-state index is 12.3. The first-order valence-electron chi connectivity index (χ1n) is 48.8. The quantitative estimate of drug-likeness (QED) is 0.0230. The minimum absolute atomic E-state index is 0. The van der Waals surface area contributed by atoms with Crippen LogP contribution in [-0.4, -0.2) is 179 Å². The van der Waals surface area contributed by atoms with Crippen LogP contribution in [0.1, 0.15) is 271 Å². The van der Waals surface area contributed by atoms with Gasteiger partial charge in [-0.05, 0) is 246 Å². The number of halogens is 21. The second kappa shape index (κ2) is 56.6. The molecule has 12 saturated carbocycles. The molecule has 144 heavy (non-hydrogen) atoms. The Balaban J connectivity index is -0.000000366. The predicted molar refractivity (Wildman–Crippen MR) is 523 cm³/mol. The number of alkyl halides is 18. The van der Waals surface area contributed by atoms with Crippen molar-refractivity contribution >= 4 is 81.8 Å². The zero-order valence-electron chi connectivity index (χ0n) is 93.1. The molecule has 0 aromatic rings. The van der Waals surface area contributed by atoms with Crippen LogP contribution in [0.4, 0.5) is 79.0 Å². The maximum Gasteiger partial charge on any atom is 0.497 e. The predicted octanol–water partition coefficient (Wildman–Crippen LogP) is 32.6. The van der Waals surface area contributed by atoms with Crippen molar-refractivity contribution < 1.29 is 150 Å². The fourth-order valence-corrected chi connectivity index (χ4v) is 26.7. The van der Waals surface area contributed by atoms with Gasteiger partial charge in [-0.3, -0.25) is 0 Å². The molecule has 0 saturated heterocycles. The molecule has 0 aromatic carbocycles. The van der Waals surface area contributed by atoms with Gasteiger partial charge in [-0.1, -0.05) is 208 Å². The number of hydrogen-bond donors (Lipinski definition) is 6. The molecule has 0 aromatic heterocycles. The van der Waals surface area contributed by atoms with Crippen LogP contribution in [-0.2, 0) is 39.8 Å². The molecular formula is C96H177Cl3F18O15Rf6Si6-6. The Labute approximate surface area is 838 Å². The smallest absolute Gasteiger partial charge is 0.497 e. The van der Waals surface area contributed by atoms with Crippen LogP contribution in [0.5, 0.6) is 0 Å². The van der Waals surface area contributed by atoms with E-state index >= 15 is 0 Å². The molecule has 0 amide bonds. The van der Waals surface area contributed by atoms with Crippen LogP contribution in [0.25, 0.3) is 0 Å². The Morgan fingerprint density at radius 2 is 0.444 bits per heavy atom. The first kappa shape index (κ1) is 149. The molecule has 840 valence electrons. The van der Waals surface area contributed by atoms with Gasteiger partial charge in [0.15, 0.2) is 0 Å². The number of fused-ring (bicyclic) bond motifs is 12. The van der Waals surface area contributed by atoms with Crippen molar-refractivity contribution in [2.75, 3.05) is 62.5 Å². The summed E-state index contributed by atoms with van der Waals surface area (Å²) in [5.74, 6) is 4.24. The summed E-state index contributed by atoms with van der Waals surface area (Å²) < 4.78 is 267. The average molecular weight is 3790 g/mol. The molecule has 0 spiro atoms. The van der Waals surface area contributed by atoms with Crippen molar-refractivity contribution in [3.05, 3.63) is 36.6 Å². The third-order valence-corrected chi connectivity index (χ3v) is 38.5. The second-order valence-corrected chi connectivity index (χ2v) is 78.3. The number of hydrogen-bond acceptors (Lipinski definition) is 15. The first-order valence-corrected chi connectivity index (χ1v) is 69.0. The van der Waals surface area contributed by atoms with Gasteiger partial charge in [0.2, 0.25) is 0 Å². The molecule has 48 heteroatoms. The summed E-state index contributed by atoms with van der Waals surface area (Å²) in [5.41, 5.74) is 0.886. The van der Waals surface area contributed by atoms with Gasteiger partial charge in [0, 0.05) is 98.3 Å². The molecule has 0 aliphatic heterocycles. The molecule has 15 nitrogen and oxygen atoms in total. The van der Waals surface area contributed by atoms with Crippen molar-refractivity contribution in [3.63, 3.8) is 0 Å². The van der Waals surface area contributed by atoms with E-state index < -0.39 is 122 Å². The van der Waals surface area contributed by atoms with Gasteiger partial charge in [0.25, 0.3) is 37.1 Å². The van der Waals surface area contributed by atoms with Gasteiger partial charge in [-0.2, -0.15) is 0 Å². The molecule has 12 aliphatic rings. The van der Waals surface area contributed by atoms with E-state index in [0.717, 1.165) is 128 Å². The first-order chi connectivity index (χ1) is 61.7. The van der Waals surface area contributed by atoms with E-state index in [2.05, 4.69) is 135 Å². The van der Waals surface area contributed by atoms with Crippen molar-refractivity contribution in [3.8, 4) is 0 Å². The van der Waals surface area contributed by atoms with Gasteiger partial charge in [0.05, 0.1) is 0 Å². The molecular weight excluding hydrogens is 3610 g/mol. The van der Waals surface area contributed by atoms with Crippen LogP contribution < -0.4 is 0 Å². The van der Waals surface area contributed by atoms with Gasteiger partial charge >= 0.3 is 32.4 Å². The van der Waals surface area contributed by atoms with Gasteiger partial charge in [-0.15, -0.1) is 71.8 Å². The molecule has 12 aliphatic carbocycles. The zero-order valence-corrected chi connectivity index (χ0v) is 140. The summed E-state index contributed by atoms with van der Waals surface area (Å²) in [5, 5.41) is 54.3. The van der Waals surface area contributed by atoms with Crippen molar-refractivity contribution in [1.29, 1.82) is 0 Å². The molecule has 12 bridgehead atoms. The normalized spacial score (nSPS) is 32.4. The molecule has 0 heterocycles. The summed E-state index contributed by atoms with van der Waals surface area (Å²) in [6.45, 7) is 59.2. The Bertz CT molecular complexity index is 3130. The molecule has 22 atom stereocenters. The molecule has 12 fully saturated rings. The van der Waals surface area contributed by atoms with Gasteiger partial charge in [-0.25, -0.2) is 79.0 Å². The standard InChI is InChI=1S/6C12H18F3O.C7H18O3Si.2C4H12O3Si.2C4H12Si.CH3Cl3Si.6Rf/c2*1-6-7(2)10-4-8(6)3-9(10)5-11(16)12(13,14)15;4*1-10-3-4-11(2,7-10)8(6-10)5-9(16)12(13,14)15;1-5-8-11(4,9-6-2)10-7-3;2*1-5-8(4,6-2)7-3;3*1-5(2,3)4;;;;;;/h2*6-10,16H,3-5H2,1-2H3;4*8,16H,3-7H2,1-2H3;5-7H2,1-4H3;2*1-4H3;2*1-4H3;1H3;;;;;;/q6*-1;;;;;;;;;;;;. The van der Waals surface area contributed by atoms with Crippen LogP contribution in [0.2, 0.25) is 78.6 Å². The minimum Gasteiger partial charge on any atom is -0.554 e. The van der Waals surface area contributed by atoms with Crippen LogP contribution in [0.15, 0.2) is 0 Å². The molecule has 0 radical (unpaired) electrons. The van der Waals surface area contributed by atoms with Crippen molar-refractivity contribution in [1.82, 2.24) is 0 Å². The summed E-state index contributed by atoms with van der Waals surface area (Å²) in [7, 11) is 1.68. The van der Waals surface area contributed by atoms with E-state index in [9.17, 15) is 79.0 Å². The monoisotopic (exact) mass is 3790 g/mol. The largest absolute Gasteiger partial charge is 0.554 e. The molecule has 6 N–H and O–H groups in total. The summed E-state index contributed by atoms with van der Waals surface area (Å²) in [6, 6.07) is -2.19. The number of aliphatic hydroxyl groups is 6. The Kier molecular flexibility index (Phi) is 58.6. The van der Waals surface area contributed by atoms with E-state index in [4.69, 9.17) is 104 Å². The maximum atomic E-state index is 12.3. The molecule has 22 unspecified atom stereocenters. The van der Waals surface area contributed by atoms with Crippen LogP contribution in [0.3, 0.4) is 0 Å². The topological polar surface area (TPSA) is 204 Å². The SMILES string of the molecule is CC12CCC(C)(C1)C(C[C-](O)C(F)(F)F)C2.CC12CCC(C)(C1)C(C[C-](O)C(F)(F)F)C2.CC12CCC(C)(C1)C(C[C-](O)C(F)(F)F)C2.CC12CCC(C)(C1)C(C[C-](O)C(F)(F)F)C2.CC1C2CC(C[C-](O)C(F)(F)F)C(C2)C1C.CC1C2CC(C[C-](O)C(F)(F)F)C(C2)C1C.CCO[Si](C)(OCC)OCC.CO[Si](C)(OC)OC.CO[Si](C)(OC)OC.C[Si](C)(C)C.C[Si](C)(C)C.C[Si](Cl)(Cl)Cl.[Rf].[Rf].[Rf].[Rf].[Rf].[Rf]. The zero-order chi connectivity index (χ0) is 108. The summed E-state index contributed by atoms with van der Waals surface area (Å²) >= 11 is 15.6. The van der Waals surface area contributed by atoms with E-state index in [1.54, 1.807) is 49.2 Å². The average Bonchev–Trinajstić information content (AvgIpc) is 1.60. The Hall–Kier alpha value is -5.69. The van der Waals surface area contributed by atoms with Crippen molar-refractivity contribution in [2.45, 2.75) is 386 Å². The fourth-order valence-electron chi connectivity index (χ4n) is 23.9. The Morgan fingerprint density at radius 3 is 0.549 bits per heavy atom. The van der Waals surface area contributed by atoms with E-state index in [1.165, 1.54) is 0 Å². The summed E-state index contributed by atoms with van der Waals surface area (Å²) in [6.07, 6.45) is -16.5. The van der Waals surface area contributed by atoms with Gasteiger partial charge in [0.1, 0.15) is 0 Å².